The fourth-order valence-corrected chi connectivity index (χ4v) is 4.49. The minimum absolute atomic E-state index is 0.0456. The molecule has 2 aliphatic heterocycles. The van der Waals surface area contributed by atoms with Crippen LogP contribution in [0.4, 0.5) is 5.69 Å². The highest BCUT2D eigenvalue weighted by atomic mass is 32.1. The lowest BCUT2D eigenvalue weighted by atomic mass is 10.1. The number of ether oxygens (including phenoxy) is 1. The molecule has 144 valence electrons. The molecule has 2 N–H and O–H groups in total. The Morgan fingerprint density at radius 3 is 2.96 bits per heavy atom. The van der Waals surface area contributed by atoms with Gasteiger partial charge >= 0.3 is 0 Å². The van der Waals surface area contributed by atoms with Gasteiger partial charge in [-0.1, -0.05) is 6.07 Å². The molecule has 27 heavy (non-hydrogen) atoms. The molecule has 4 rings (SSSR count). The highest BCUT2D eigenvalue weighted by Gasteiger charge is 2.35. The van der Waals surface area contributed by atoms with E-state index >= 15 is 0 Å². The van der Waals surface area contributed by atoms with Crippen molar-refractivity contribution in [3.05, 3.63) is 29.6 Å². The molecule has 1 aromatic carbocycles. The zero-order chi connectivity index (χ0) is 18.8. The van der Waals surface area contributed by atoms with Crippen molar-refractivity contribution >= 4 is 38.9 Å². The number of thiophene rings is 1. The van der Waals surface area contributed by atoms with Gasteiger partial charge < -0.3 is 15.0 Å². The van der Waals surface area contributed by atoms with E-state index in [2.05, 4.69) is 15.5 Å². The van der Waals surface area contributed by atoms with Gasteiger partial charge in [0.05, 0.1) is 38.4 Å². The van der Waals surface area contributed by atoms with Gasteiger partial charge in [-0.25, -0.2) is 0 Å². The first-order valence-electron chi connectivity index (χ1n) is 9.21. The number of rotatable bonds is 4. The molecule has 2 aromatic rings. The summed E-state index contributed by atoms with van der Waals surface area (Å²) in [6.45, 7) is 2.96. The van der Waals surface area contributed by atoms with E-state index in [4.69, 9.17) is 4.74 Å². The zero-order valence-corrected chi connectivity index (χ0v) is 16.1. The molecule has 3 heterocycles. The molecule has 2 fully saturated rings. The number of benzene rings is 1. The maximum absolute atomic E-state index is 12.7. The Hall–Kier alpha value is -2.00. The predicted octanol–water partition coefficient (Wildman–Crippen LogP) is 1.67. The zero-order valence-electron chi connectivity index (χ0n) is 15.3. The standard InChI is InChI=1S/C19H24N4O3S/c1-22-16(21-17(12-19(22)25)23-6-8-26-9-7-23)11-18(24)20-14-3-2-4-15-13(14)5-10-27-15/h2-5,10,16-17,21H,6-9,11-12H2,1H3,(H,20,24). The number of hydrogen-bond donors (Lipinski definition) is 2. The lowest BCUT2D eigenvalue weighted by Gasteiger charge is -2.43. The monoisotopic (exact) mass is 388 g/mol. The number of morpholine rings is 1. The van der Waals surface area contributed by atoms with Crippen LogP contribution in [0, 0.1) is 0 Å². The largest absolute Gasteiger partial charge is 0.379 e. The summed E-state index contributed by atoms with van der Waals surface area (Å²) in [7, 11) is 1.75. The van der Waals surface area contributed by atoms with Crippen LogP contribution in [-0.4, -0.2) is 67.3 Å². The molecule has 8 heteroatoms. The summed E-state index contributed by atoms with van der Waals surface area (Å²) in [6, 6.07) is 7.90. The van der Waals surface area contributed by atoms with Crippen molar-refractivity contribution in [3.8, 4) is 0 Å². The summed E-state index contributed by atoms with van der Waals surface area (Å²) >= 11 is 1.65. The molecule has 2 amide bonds. The molecule has 0 spiro atoms. The summed E-state index contributed by atoms with van der Waals surface area (Å²) in [5, 5.41) is 9.53. The maximum Gasteiger partial charge on any atom is 0.227 e. The smallest absolute Gasteiger partial charge is 0.227 e. The van der Waals surface area contributed by atoms with Crippen molar-refractivity contribution in [3.63, 3.8) is 0 Å². The Kier molecular flexibility index (Phi) is 5.40. The van der Waals surface area contributed by atoms with Crippen molar-refractivity contribution in [2.24, 2.45) is 0 Å². The molecule has 0 bridgehead atoms. The number of amides is 2. The van der Waals surface area contributed by atoms with Gasteiger partial charge in [0.2, 0.25) is 11.8 Å². The van der Waals surface area contributed by atoms with Crippen LogP contribution in [0.15, 0.2) is 29.6 Å². The second-order valence-corrected chi connectivity index (χ2v) is 7.89. The van der Waals surface area contributed by atoms with Crippen LogP contribution in [0.3, 0.4) is 0 Å². The van der Waals surface area contributed by atoms with Crippen molar-refractivity contribution in [2.45, 2.75) is 25.2 Å². The third-order valence-electron chi connectivity index (χ3n) is 5.25. The number of fused-ring (bicyclic) bond motifs is 1. The van der Waals surface area contributed by atoms with Crippen LogP contribution in [0.1, 0.15) is 12.8 Å². The van der Waals surface area contributed by atoms with E-state index in [1.54, 1.807) is 23.3 Å². The number of anilines is 1. The average molecular weight is 388 g/mol. The Labute approximate surface area is 162 Å². The Bertz CT molecular complexity index is 833. The van der Waals surface area contributed by atoms with E-state index in [9.17, 15) is 9.59 Å². The number of carbonyl (C=O) groups is 2. The molecule has 1 aromatic heterocycles. The van der Waals surface area contributed by atoms with Gasteiger partial charge in [-0.05, 0) is 23.6 Å². The molecular formula is C19H24N4O3S. The summed E-state index contributed by atoms with van der Waals surface area (Å²) in [5.74, 6) is -0.0449. The third-order valence-corrected chi connectivity index (χ3v) is 6.13. The lowest BCUT2D eigenvalue weighted by Crippen LogP contribution is -2.63. The summed E-state index contributed by atoms with van der Waals surface area (Å²) in [5.41, 5.74) is 0.813. The first kappa shape index (κ1) is 18.4. The van der Waals surface area contributed by atoms with Crippen LogP contribution in [0.5, 0.6) is 0 Å². The Morgan fingerprint density at radius 1 is 1.33 bits per heavy atom. The van der Waals surface area contributed by atoms with Gasteiger partial charge in [-0.15, -0.1) is 11.3 Å². The summed E-state index contributed by atoms with van der Waals surface area (Å²) in [4.78, 5) is 29.0. The molecule has 0 saturated carbocycles. The van der Waals surface area contributed by atoms with E-state index in [1.807, 2.05) is 29.6 Å². The van der Waals surface area contributed by atoms with E-state index in [0.29, 0.717) is 19.6 Å². The topological polar surface area (TPSA) is 73.9 Å². The normalized spacial score (nSPS) is 24.3. The van der Waals surface area contributed by atoms with E-state index < -0.39 is 0 Å². The van der Waals surface area contributed by atoms with Gasteiger partial charge in [-0.3, -0.25) is 19.8 Å². The summed E-state index contributed by atoms with van der Waals surface area (Å²) < 4.78 is 6.54. The molecule has 2 unspecified atom stereocenters. The highest BCUT2D eigenvalue weighted by Crippen LogP contribution is 2.28. The lowest BCUT2D eigenvalue weighted by molar-refractivity contribution is -0.141. The molecule has 0 aliphatic carbocycles. The number of nitrogens with zero attached hydrogens (tertiary/aromatic N) is 2. The molecule has 2 aliphatic rings. The second kappa shape index (κ2) is 7.93. The van der Waals surface area contributed by atoms with Crippen LogP contribution >= 0.6 is 11.3 Å². The van der Waals surface area contributed by atoms with Gasteiger partial charge in [0.15, 0.2) is 0 Å². The van der Waals surface area contributed by atoms with Gasteiger partial charge in [-0.2, -0.15) is 0 Å². The Balaban J connectivity index is 1.42. The molecule has 2 saturated heterocycles. The van der Waals surface area contributed by atoms with E-state index in [0.717, 1.165) is 28.9 Å². The van der Waals surface area contributed by atoms with Crippen LogP contribution in [-0.2, 0) is 14.3 Å². The average Bonchev–Trinajstić information content (AvgIpc) is 3.16. The van der Waals surface area contributed by atoms with Crippen LogP contribution in [0.25, 0.3) is 10.1 Å². The van der Waals surface area contributed by atoms with Crippen molar-refractivity contribution in [1.29, 1.82) is 0 Å². The van der Waals surface area contributed by atoms with Crippen molar-refractivity contribution < 1.29 is 14.3 Å². The fraction of sp³-hybridized carbons (Fsp3) is 0.474. The molecular weight excluding hydrogens is 364 g/mol. The first-order chi connectivity index (χ1) is 13.1. The second-order valence-electron chi connectivity index (χ2n) is 6.95. The quantitative estimate of drug-likeness (QED) is 0.834. The van der Waals surface area contributed by atoms with E-state index in [-0.39, 0.29) is 30.6 Å². The number of hydrogen-bond acceptors (Lipinski definition) is 6. The SMILES string of the molecule is CN1C(=O)CC(N2CCOCC2)NC1CC(=O)Nc1cccc2sccc12. The number of carbonyl (C=O) groups excluding carboxylic acids is 2. The fourth-order valence-electron chi connectivity index (χ4n) is 3.68. The van der Waals surface area contributed by atoms with Gasteiger partial charge in [0, 0.05) is 35.9 Å². The predicted molar refractivity (Wildman–Crippen MR) is 106 cm³/mol. The van der Waals surface area contributed by atoms with Crippen LogP contribution in [0.2, 0.25) is 0 Å². The Morgan fingerprint density at radius 2 is 2.15 bits per heavy atom. The summed E-state index contributed by atoms with van der Waals surface area (Å²) in [6.07, 6.45) is 0.267. The van der Waals surface area contributed by atoms with Gasteiger partial charge in [0.25, 0.3) is 0 Å². The molecule has 2 atom stereocenters. The van der Waals surface area contributed by atoms with Crippen LogP contribution < -0.4 is 10.6 Å². The van der Waals surface area contributed by atoms with Gasteiger partial charge in [0.1, 0.15) is 0 Å². The van der Waals surface area contributed by atoms with Crippen molar-refractivity contribution in [1.82, 2.24) is 15.1 Å². The number of nitrogens with one attached hydrogen (secondary N) is 2. The minimum atomic E-state index is -0.319. The highest BCUT2D eigenvalue weighted by molar-refractivity contribution is 7.17. The molecule has 0 radical (unpaired) electrons. The third kappa shape index (κ3) is 3.98. The molecule has 7 nitrogen and oxygen atoms in total. The van der Waals surface area contributed by atoms with Crippen molar-refractivity contribution in [2.75, 3.05) is 38.7 Å². The van der Waals surface area contributed by atoms with E-state index in [1.165, 1.54) is 0 Å². The minimum Gasteiger partial charge on any atom is -0.379 e. The first-order valence-corrected chi connectivity index (χ1v) is 10.1. The maximum atomic E-state index is 12.7.